The van der Waals surface area contributed by atoms with Gasteiger partial charge in [0.05, 0.1) is 6.61 Å². The van der Waals surface area contributed by atoms with Crippen molar-refractivity contribution in [2.75, 3.05) is 18.3 Å². The SMILES string of the molecule is CSc1nc(NN)cc(OCC2CC=CCC2C)n1. The number of aromatic nitrogens is 2. The molecule has 0 aliphatic heterocycles. The van der Waals surface area contributed by atoms with Gasteiger partial charge in [-0.15, -0.1) is 0 Å². The predicted molar refractivity (Wildman–Crippen MR) is 78.1 cm³/mol. The Morgan fingerprint density at radius 2 is 2.21 bits per heavy atom. The first-order valence-electron chi connectivity index (χ1n) is 6.40. The zero-order valence-corrected chi connectivity index (χ0v) is 12.1. The van der Waals surface area contributed by atoms with Crippen LogP contribution in [-0.4, -0.2) is 22.8 Å². The first kappa shape index (κ1) is 14.1. The van der Waals surface area contributed by atoms with E-state index in [0.29, 0.717) is 35.3 Å². The number of nitrogens with two attached hydrogens (primary N) is 1. The van der Waals surface area contributed by atoms with Gasteiger partial charge in [0.2, 0.25) is 5.88 Å². The number of allylic oxidation sites excluding steroid dienone is 2. The Kier molecular flexibility index (Phi) is 5.04. The van der Waals surface area contributed by atoms with Crippen LogP contribution in [0.1, 0.15) is 19.8 Å². The quantitative estimate of drug-likeness (QED) is 0.284. The highest BCUT2D eigenvalue weighted by Crippen LogP contribution is 2.26. The maximum atomic E-state index is 5.81. The summed E-state index contributed by atoms with van der Waals surface area (Å²) < 4.78 is 5.81. The van der Waals surface area contributed by atoms with Crippen LogP contribution in [0.5, 0.6) is 5.88 Å². The lowest BCUT2D eigenvalue weighted by Gasteiger charge is -2.24. The molecule has 0 saturated carbocycles. The number of ether oxygens (including phenoxy) is 1. The van der Waals surface area contributed by atoms with E-state index in [4.69, 9.17) is 10.6 Å². The third-order valence-electron chi connectivity index (χ3n) is 3.38. The fourth-order valence-electron chi connectivity index (χ4n) is 2.07. The number of hydrogen-bond donors (Lipinski definition) is 2. The molecule has 0 aromatic carbocycles. The van der Waals surface area contributed by atoms with Crippen molar-refractivity contribution in [1.82, 2.24) is 9.97 Å². The van der Waals surface area contributed by atoms with Gasteiger partial charge in [0.15, 0.2) is 5.16 Å². The number of nitrogen functional groups attached to an aromatic ring is 1. The van der Waals surface area contributed by atoms with Crippen molar-refractivity contribution in [3.8, 4) is 5.88 Å². The van der Waals surface area contributed by atoms with E-state index >= 15 is 0 Å². The van der Waals surface area contributed by atoms with Gasteiger partial charge in [0, 0.05) is 6.07 Å². The van der Waals surface area contributed by atoms with Crippen molar-refractivity contribution >= 4 is 17.6 Å². The molecule has 1 aromatic rings. The molecular formula is C13H20N4OS. The molecule has 0 spiro atoms. The Morgan fingerprint density at radius 3 is 2.89 bits per heavy atom. The average Bonchev–Trinajstić information content (AvgIpc) is 2.46. The molecule has 0 radical (unpaired) electrons. The van der Waals surface area contributed by atoms with Crippen molar-refractivity contribution in [2.24, 2.45) is 17.7 Å². The van der Waals surface area contributed by atoms with Crippen LogP contribution in [0.4, 0.5) is 5.82 Å². The van der Waals surface area contributed by atoms with Crippen molar-refractivity contribution in [2.45, 2.75) is 24.9 Å². The van der Waals surface area contributed by atoms with Gasteiger partial charge in [-0.2, -0.15) is 4.98 Å². The van der Waals surface area contributed by atoms with Crippen molar-refractivity contribution in [3.63, 3.8) is 0 Å². The first-order valence-corrected chi connectivity index (χ1v) is 7.63. The maximum Gasteiger partial charge on any atom is 0.219 e. The normalized spacial score (nSPS) is 22.3. The summed E-state index contributed by atoms with van der Waals surface area (Å²) in [7, 11) is 0. The minimum atomic E-state index is 0.548. The largest absolute Gasteiger partial charge is 0.477 e. The van der Waals surface area contributed by atoms with E-state index in [1.54, 1.807) is 6.07 Å². The summed E-state index contributed by atoms with van der Waals surface area (Å²) in [6, 6.07) is 1.73. The fourth-order valence-corrected chi connectivity index (χ4v) is 2.45. The van der Waals surface area contributed by atoms with Crippen LogP contribution in [0, 0.1) is 11.8 Å². The molecule has 6 heteroatoms. The number of hydrogen-bond acceptors (Lipinski definition) is 6. The molecule has 2 unspecified atom stereocenters. The van der Waals surface area contributed by atoms with Gasteiger partial charge < -0.3 is 10.2 Å². The van der Waals surface area contributed by atoms with E-state index in [1.807, 2.05) is 6.26 Å². The molecule has 19 heavy (non-hydrogen) atoms. The van der Waals surface area contributed by atoms with Gasteiger partial charge in [-0.1, -0.05) is 30.8 Å². The van der Waals surface area contributed by atoms with E-state index in [9.17, 15) is 0 Å². The Bertz CT molecular complexity index is 430. The van der Waals surface area contributed by atoms with E-state index in [1.165, 1.54) is 11.8 Å². The Morgan fingerprint density at radius 1 is 1.42 bits per heavy atom. The highest BCUT2D eigenvalue weighted by Gasteiger charge is 2.19. The van der Waals surface area contributed by atoms with Crippen LogP contribution in [0.25, 0.3) is 0 Å². The molecule has 0 fully saturated rings. The molecule has 2 atom stereocenters. The standard InChI is InChI=1S/C13H20N4OS/c1-9-5-3-4-6-10(9)8-18-12-7-11(17-14)15-13(16-12)19-2/h3-4,7,9-10H,5-6,8,14H2,1-2H3,(H,15,16,17). The number of nitrogens with zero attached hydrogens (tertiary/aromatic N) is 2. The van der Waals surface area contributed by atoms with Gasteiger partial charge in [-0.05, 0) is 30.9 Å². The zero-order valence-electron chi connectivity index (χ0n) is 11.3. The van der Waals surface area contributed by atoms with Gasteiger partial charge >= 0.3 is 0 Å². The number of rotatable bonds is 5. The molecule has 1 aromatic heterocycles. The number of hydrazine groups is 1. The summed E-state index contributed by atoms with van der Waals surface area (Å²) in [6.45, 7) is 2.94. The Balaban J connectivity index is 2.00. The van der Waals surface area contributed by atoms with E-state index in [-0.39, 0.29) is 0 Å². The van der Waals surface area contributed by atoms with E-state index < -0.39 is 0 Å². The topological polar surface area (TPSA) is 73.1 Å². The van der Waals surface area contributed by atoms with Crippen LogP contribution >= 0.6 is 11.8 Å². The van der Waals surface area contributed by atoms with Crippen LogP contribution in [0.2, 0.25) is 0 Å². The van der Waals surface area contributed by atoms with Crippen molar-refractivity contribution in [1.29, 1.82) is 0 Å². The number of anilines is 1. The second-order valence-electron chi connectivity index (χ2n) is 4.71. The third-order valence-corrected chi connectivity index (χ3v) is 3.92. The van der Waals surface area contributed by atoms with E-state index in [0.717, 1.165) is 12.8 Å². The summed E-state index contributed by atoms with van der Waals surface area (Å²) in [5.74, 6) is 7.74. The summed E-state index contributed by atoms with van der Waals surface area (Å²) in [5.41, 5.74) is 2.53. The van der Waals surface area contributed by atoms with Crippen LogP contribution < -0.4 is 16.0 Å². The second kappa shape index (κ2) is 6.77. The summed E-state index contributed by atoms with van der Waals surface area (Å²) in [4.78, 5) is 8.53. The van der Waals surface area contributed by atoms with Gasteiger partial charge in [0.1, 0.15) is 5.82 Å². The maximum absolute atomic E-state index is 5.81. The summed E-state index contributed by atoms with van der Waals surface area (Å²) >= 11 is 1.47. The number of thioether (sulfide) groups is 1. The smallest absolute Gasteiger partial charge is 0.219 e. The molecule has 0 amide bonds. The lowest BCUT2D eigenvalue weighted by atomic mass is 9.85. The summed E-state index contributed by atoms with van der Waals surface area (Å²) in [6.07, 6.45) is 8.60. The molecule has 0 saturated heterocycles. The second-order valence-corrected chi connectivity index (χ2v) is 5.49. The summed E-state index contributed by atoms with van der Waals surface area (Å²) in [5, 5.41) is 0.655. The fraction of sp³-hybridized carbons (Fsp3) is 0.538. The Hall–Kier alpha value is -1.27. The predicted octanol–water partition coefficient (Wildman–Crippen LogP) is 2.47. The minimum Gasteiger partial charge on any atom is -0.477 e. The molecular weight excluding hydrogens is 260 g/mol. The van der Waals surface area contributed by atoms with Crippen molar-refractivity contribution < 1.29 is 4.74 Å². The molecule has 1 aliphatic rings. The minimum absolute atomic E-state index is 0.548. The highest BCUT2D eigenvalue weighted by atomic mass is 32.2. The van der Waals surface area contributed by atoms with Gasteiger partial charge in [-0.25, -0.2) is 10.8 Å². The molecule has 104 valence electrons. The molecule has 1 aliphatic carbocycles. The number of nitrogens with one attached hydrogen (secondary N) is 1. The zero-order chi connectivity index (χ0) is 13.7. The molecule has 5 nitrogen and oxygen atoms in total. The Labute approximate surface area is 118 Å². The van der Waals surface area contributed by atoms with Crippen LogP contribution in [-0.2, 0) is 0 Å². The highest BCUT2D eigenvalue weighted by molar-refractivity contribution is 7.98. The molecule has 3 N–H and O–H groups in total. The monoisotopic (exact) mass is 280 g/mol. The lowest BCUT2D eigenvalue weighted by Crippen LogP contribution is -2.21. The molecule has 1 heterocycles. The lowest BCUT2D eigenvalue weighted by molar-refractivity contribution is 0.191. The average molecular weight is 280 g/mol. The van der Waals surface area contributed by atoms with Crippen LogP contribution in [0.3, 0.4) is 0 Å². The van der Waals surface area contributed by atoms with Gasteiger partial charge in [0.25, 0.3) is 0 Å². The van der Waals surface area contributed by atoms with Crippen molar-refractivity contribution in [3.05, 3.63) is 18.2 Å². The molecule has 0 bridgehead atoms. The van der Waals surface area contributed by atoms with Gasteiger partial charge in [-0.3, -0.25) is 0 Å². The first-order chi connectivity index (χ1) is 9.22. The van der Waals surface area contributed by atoms with Crippen LogP contribution in [0.15, 0.2) is 23.4 Å². The third kappa shape index (κ3) is 3.84. The van der Waals surface area contributed by atoms with E-state index in [2.05, 4.69) is 34.5 Å². The molecule has 2 rings (SSSR count).